The van der Waals surface area contributed by atoms with Gasteiger partial charge >= 0.3 is 0 Å². The fourth-order valence-electron chi connectivity index (χ4n) is 6.28. The number of thiazole rings is 1. The maximum Gasteiger partial charge on any atom is 0.271 e. The molecule has 206 valence electrons. The quantitative estimate of drug-likeness (QED) is 0.229. The molecule has 1 aliphatic heterocycles. The maximum atomic E-state index is 14.2. The first kappa shape index (κ1) is 25.8. The summed E-state index contributed by atoms with van der Waals surface area (Å²) in [5.41, 5.74) is 8.12. The van der Waals surface area contributed by atoms with Gasteiger partial charge in [0.1, 0.15) is 5.75 Å². The third kappa shape index (κ3) is 4.47. The molecule has 5 nitrogen and oxygen atoms in total. The molecule has 0 fully saturated rings. The van der Waals surface area contributed by atoms with Crippen molar-refractivity contribution in [3.05, 3.63) is 127 Å². The number of aromatic nitrogens is 2. The smallest absolute Gasteiger partial charge is 0.271 e. The average Bonchev–Trinajstić information content (AvgIpc) is 3.52. The summed E-state index contributed by atoms with van der Waals surface area (Å²) in [5, 5.41) is 1.17. The lowest BCUT2D eigenvalue weighted by Crippen LogP contribution is -2.38. The summed E-state index contributed by atoms with van der Waals surface area (Å²) in [6, 6.07) is 25.1. The van der Waals surface area contributed by atoms with E-state index in [2.05, 4.69) is 84.4 Å². The Hall–Kier alpha value is -4.16. The zero-order chi connectivity index (χ0) is 27.9. The minimum atomic E-state index is -0.196. The number of nitrogens with zero attached hydrogens (tertiary/aromatic N) is 3. The fraction of sp³-hybridized carbons (Fsp3) is 0.257. The van der Waals surface area contributed by atoms with Crippen LogP contribution in [0.15, 0.2) is 94.4 Å². The predicted octanol–water partition coefficient (Wildman–Crippen LogP) is 6.47. The van der Waals surface area contributed by atoms with Gasteiger partial charge in [0.2, 0.25) is 0 Å². The van der Waals surface area contributed by atoms with Crippen LogP contribution in [0.4, 0.5) is 0 Å². The Morgan fingerprint density at radius 2 is 1.80 bits per heavy atom. The lowest BCUT2D eigenvalue weighted by atomic mass is 9.83. The van der Waals surface area contributed by atoms with Crippen LogP contribution in [0.2, 0.25) is 0 Å². The van der Waals surface area contributed by atoms with Gasteiger partial charge in [0.05, 0.1) is 22.9 Å². The van der Waals surface area contributed by atoms with Crippen molar-refractivity contribution in [2.45, 2.75) is 52.1 Å². The van der Waals surface area contributed by atoms with Gasteiger partial charge in [0.25, 0.3) is 5.56 Å². The molecule has 5 aromatic rings. The van der Waals surface area contributed by atoms with Gasteiger partial charge in [-0.3, -0.25) is 9.36 Å². The molecule has 0 N–H and O–H groups in total. The van der Waals surface area contributed by atoms with Crippen molar-refractivity contribution in [1.29, 1.82) is 0 Å². The van der Waals surface area contributed by atoms with Crippen LogP contribution < -0.4 is 19.6 Å². The normalized spacial score (nSPS) is 16.3. The molecule has 41 heavy (non-hydrogen) atoms. The maximum absolute atomic E-state index is 14.2. The second-order valence-electron chi connectivity index (χ2n) is 10.8. The van der Waals surface area contributed by atoms with E-state index in [1.54, 1.807) is 0 Å². The standard InChI is InChI=1S/C35H33N3O2S/c1-3-5-20-37-22-25(27-11-8-9-13-30(27)37)21-31-34(39)38-33(24-14-17-26(18-15-24)40-4-2)29-19-16-23-10-6-7-12-28(23)32(29)36-35(38)41-31/h6-15,17-18,21-22,33H,3-5,16,19-20H2,1-2H3/b31-21+. The molecule has 0 bridgehead atoms. The molecule has 0 saturated carbocycles. The highest BCUT2D eigenvalue weighted by atomic mass is 32.1. The summed E-state index contributed by atoms with van der Waals surface area (Å²) in [5.74, 6) is 0.839. The van der Waals surface area contributed by atoms with Crippen LogP contribution in [0, 0.1) is 0 Å². The SMILES string of the molecule is CCCCn1cc(/C=c2/sc3n(c2=O)C(c2ccc(OCC)cc2)C2=C(N=3)c3ccccc3CC2)c2ccccc21. The zero-order valence-electron chi connectivity index (χ0n) is 23.5. The van der Waals surface area contributed by atoms with Crippen LogP contribution in [0.1, 0.15) is 61.4 Å². The van der Waals surface area contributed by atoms with Crippen molar-refractivity contribution < 1.29 is 4.74 Å². The van der Waals surface area contributed by atoms with E-state index in [4.69, 9.17) is 9.73 Å². The number of benzene rings is 3. The van der Waals surface area contributed by atoms with Crippen molar-refractivity contribution in [3.63, 3.8) is 0 Å². The van der Waals surface area contributed by atoms with Crippen LogP contribution in [0.3, 0.4) is 0 Å². The van der Waals surface area contributed by atoms with Crippen molar-refractivity contribution in [1.82, 2.24) is 9.13 Å². The Morgan fingerprint density at radius 3 is 2.63 bits per heavy atom. The minimum absolute atomic E-state index is 0.0171. The van der Waals surface area contributed by atoms with Crippen molar-refractivity contribution in [2.75, 3.05) is 6.61 Å². The molecule has 1 aliphatic carbocycles. The van der Waals surface area contributed by atoms with Crippen LogP contribution >= 0.6 is 11.3 Å². The van der Waals surface area contributed by atoms with Crippen molar-refractivity contribution in [2.24, 2.45) is 4.99 Å². The molecule has 1 unspecified atom stereocenters. The Bertz CT molecular complexity index is 1970. The van der Waals surface area contributed by atoms with E-state index >= 15 is 0 Å². The Labute approximate surface area is 243 Å². The largest absolute Gasteiger partial charge is 0.494 e. The summed E-state index contributed by atoms with van der Waals surface area (Å²) in [6.07, 6.45) is 8.35. The van der Waals surface area contributed by atoms with E-state index in [-0.39, 0.29) is 11.6 Å². The highest BCUT2D eigenvalue weighted by molar-refractivity contribution is 7.07. The summed E-state index contributed by atoms with van der Waals surface area (Å²) in [4.78, 5) is 20.2. The van der Waals surface area contributed by atoms with Gasteiger partial charge in [-0.25, -0.2) is 4.99 Å². The van der Waals surface area contributed by atoms with Gasteiger partial charge in [0, 0.05) is 34.8 Å². The van der Waals surface area contributed by atoms with Crippen molar-refractivity contribution >= 4 is 34.0 Å². The number of hydrogen-bond donors (Lipinski definition) is 0. The zero-order valence-corrected chi connectivity index (χ0v) is 24.3. The summed E-state index contributed by atoms with van der Waals surface area (Å²) >= 11 is 1.49. The first-order valence-corrected chi connectivity index (χ1v) is 15.4. The number of unbranched alkanes of at least 4 members (excludes halogenated alkanes) is 1. The second kappa shape index (κ2) is 10.7. The first-order valence-electron chi connectivity index (χ1n) is 14.6. The fourth-order valence-corrected chi connectivity index (χ4v) is 7.27. The van der Waals surface area contributed by atoms with Crippen LogP contribution in [0.5, 0.6) is 5.75 Å². The molecule has 1 atom stereocenters. The molecule has 6 heteroatoms. The van der Waals surface area contributed by atoms with Crippen molar-refractivity contribution in [3.8, 4) is 5.75 Å². The number of fused-ring (bicyclic) bond motifs is 4. The number of ether oxygens (including phenoxy) is 1. The van der Waals surface area contributed by atoms with Gasteiger partial charge in [0.15, 0.2) is 4.80 Å². The number of para-hydroxylation sites is 1. The monoisotopic (exact) mass is 559 g/mol. The molecule has 0 spiro atoms. The van der Waals surface area contributed by atoms with E-state index in [0.29, 0.717) is 11.1 Å². The molecular formula is C35H33N3O2S. The third-order valence-electron chi connectivity index (χ3n) is 8.24. The molecule has 3 heterocycles. The number of hydrogen-bond acceptors (Lipinski definition) is 4. The molecule has 7 rings (SSSR count). The third-order valence-corrected chi connectivity index (χ3v) is 9.22. The second-order valence-corrected chi connectivity index (χ2v) is 11.8. The summed E-state index contributed by atoms with van der Waals surface area (Å²) < 4.78 is 10.7. The highest BCUT2D eigenvalue weighted by Crippen LogP contribution is 2.41. The number of allylic oxidation sites excluding steroid dienone is 1. The Balaban J connectivity index is 1.43. The number of rotatable bonds is 7. The predicted molar refractivity (Wildman–Crippen MR) is 167 cm³/mol. The molecular weight excluding hydrogens is 526 g/mol. The molecule has 0 radical (unpaired) electrons. The Kier molecular flexibility index (Phi) is 6.71. The lowest BCUT2D eigenvalue weighted by Gasteiger charge is -2.30. The van der Waals surface area contributed by atoms with Crippen LogP contribution in [-0.2, 0) is 13.0 Å². The van der Waals surface area contributed by atoms with Gasteiger partial charge in [-0.15, -0.1) is 0 Å². The minimum Gasteiger partial charge on any atom is -0.494 e. The van der Waals surface area contributed by atoms with Gasteiger partial charge in [-0.1, -0.05) is 79.3 Å². The first-order chi connectivity index (χ1) is 20.2. The van der Waals surface area contributed by atoms with E-state index < -0.39 is 0 Å². The Morgan fingerprint density at radius 1 is 1.00 bits per heavy atom. The van der Waals surface area contributed by atoms with E-state index in [9.17, 15) is 4.79 Å². The van der Waals surface area contributed by atoms with Gasteiger partial charge in [-0.05, 0) is 67.2 Å². The van der Waals surface area contributed by atoms with Gasteiger partial charge in [-0.2, -0.15) is 0 Å². The number of aryl methyl sites for hydroxylation is 2. The van der Waals surface area contributed by atoms with Crippen LogP contribution in [0.25, 0.3) is 22.7 Å². The molecule has 3 aromatic carbocycles. The average molecular weight is 560 g/mol. The topological polar surface area (TPSA) is 48.5 Å². The van der Waals surface area contributed by atoms with E-state index in [1.165, 1.54) is 38.9 Å². The van der Waals surface area contributed by atoms with E-state index in [0.717, 1.165) is 59.6 Å². The lowest BCUT2D eigenvalue weighted by molar-refractivity contribution is 0.340. The van der Waals surface area contributed by atoms with Crippen LogP contribution in [-0.4, -0.2) is 15.7 Å². The molecule has 2 aromatic heterocycles. The van der Waals surface area contributed by atoms with Gasteiger partial charge < -0.3 is 9.30 Å². The summed E-state index contributed by atoms with van der Waals surface area (Å²) in [6.45, 7) is 5.79. The molecule has 0 amide bonds. The molecule has 2 aliphatic rings. The molecule has 0 saturated heterocycles. The highest BCUT2D eigenvalue weighted by Gasteiger charge is 2.32. The summed E-state index contributed by atoms with van der Waals surface area (Å²) in [7, 11) is 0. The van der Waals surface area contributed by atoms with E-state index in [1.807, 2.05) is 23.6 Å².